The first-order chi connectivity index (χ1) is 10.3. The van der Waals surface area contributed by atoms with Gasteiger partial charge in [0.1, 0.15) is 5.82 Å². The van der Waals surface area contributed by atoms with Crippen molar-refractivity contribution >= 4 is 11.8 Å². The average Bonchev–Trinajstić information content (AvgIpc) is 2.49. The number of hydrogen-bond donors (Lipinski definition) is 1. The third kappa shape index (κ3) is 2.26. The number of carbonyl (C=O) groups is 1. The van der Waals surface area contributed by atoms with Crippen molar-refractivity contribution in [2.75, 3.05) is 11.9 Å². The summed E-state index contributed by atoms with van der Waals surface area (Å²) in [5.41, 5.74) is 0.708. The molecule has 2 heterocycles. The van der Waals surface area contributed by atoms with Gasteiger partial charge >= 0.3 is 11.7 Å². The lowest BCUT2D eigenvalue weighted by molar-refractivity contribution is -0.138. The standard InChI is InChI=1S/C15H21N3O4/c1-6-9-10(14(20)22-7-2)8(3)16-12-11(9)13(19)18(5)15(21)17(12)4/h9,16H,6-7H2,1-5H3. The molecule has 0 spiro atoms. The molecule has 0 bridgehead atoms. The molecule has 7 nitrogen and oxygen atoms in total. The third-order valence-corrected chi connectivity index (χ3v) is 4.01. The lowest BCUT2D eigenvalue weighted by Crippen LogP contribution is -2.43. The summed E-state index contributed by atoms with van der Waals surface area (Å²) in [5.74, 6) is -0.368. The van der Waals surface area contributed by atoms with Crippen molar-refractivity contribution in [3.8, 4) is 0 Å². The van der Waals surface area contributed by atoms with E-state index in [-0.39, 0.29) is 18.1 Å². The Morgan fingerprint density at radius 2 is 1.86 bits per heavy atom. The first kappa shape index (κ1) is 16.1. The second kappa shape index (κ2) is 5.82. The maximum Gasteiger partial charge on any atom is 0.336 e. The maximum absolute atomic E-state index is 12.5. The molecular formula is C15H21N3O4. The van der Waals surface area contributed by atoms with Crippen LogP contribution in [0.2, 0.25) is 0 Å². The van der Waals surface area contributed by atoms with Crippen LogP contribution in [-0.4, -0.2) is 21.7 Å². The minimum Gasteiger partial charge on any atom is -0.463 e. The number of allylic oxidation sites excluding steroid dienone is 1. The first-order valence-corrected chi connectivity index (χ1v) is 7.29. The second-order valence-electron chi connectivity index (χ2n) is 5.31. The van der Waals surface area contributed by atoms with Gasteiger partial charge in [-0.3, -0.25) is 13.9 Å². The summed E-state index contributed by atoms with van der Waals surface area (Å²) in [6.45, 7) is 5.66. The molecule has 0 aliphatic carbocycles. The zero-order chi connectivity index (χ0) is 16.6. The van der Waals surface area contributed by atoms with E-state index in [0.717, 1.165) is 4.57 Å². The molecule has 1 aromatic rings. The molecule has 1 atom stereocenters. The fraction of sp³-hybridized carbons (Fsp3) is 0.533. The molecule has 1 aliphatic rings. The normalized spacial score (nSPS) is 17.0. The molecule has 2 rings (SSSR count). The molecule has 0 amide bonds. The number of ether oxygens (including phenoxy) is 1. The molecule has 1 N–H and O–H groups in total. The van der Waals surface area contributed by atoms with Gasteiger partial charge in [0.05, 0.1) is 17.7 Å². The van der Waals surface area contributed by atoms with Crippen molar-refractivity contribution in [2.24, 2.45) is 14.1 Å². The largest absolute Gasteiger partial charge is 0.463 e. The smallest absolute Gasteiger partial charge is 0.336 e. The predicted molar refractivity (Wildman–Crippen MR) is 82.9 cm³/mol. The van der Waals surface area contributed by atoms with Gasteiger partial charge in [-0.1, -0.05) is 6.92 Å². The van der Waals surface area contributed by atoms with Crippen molar-refractivity contribution in [1.29, 1.82) is 0 Å². The molecule has 1 unspecified atom stereocenters. The first-order valence-electron chi connectivity index (χ1n) is 7.29. The Morgan fingerprint density at radius 1 is 1.23 bits per heavy atom. The lowest BCUT2D eigenvalue weighted by Gasteiger charge is -2.29. The SMILES string of the molecule is CCOC(=O)C1=C(C)Nc2c(c(=O)n(C)c(=O)n2C)C1CC. The van der Waals surface area contributed by atoms with Crippen LogP contribution in [0.15, 0.2) is 20.9 Å². The molecule has 0 saturated carbocycles. The van der Waals surface area contributed by atoms with E-state index in [9.17, 15) is 14.4 Å². The van der Waals surface area contributed by atoms with Crippen molar-refractivity contribution in [3.05, 3.63) is 37.7 Å². The molecule has 0 saturated heterocycles. The van der Waals surface area contributed by atoms with Gasteiger partial charge in [0, 0.05) is 25.7 Å². The summed E-state index contributed by atoms with van der Waals surface area (Å²) in [4.78, 5) is 36.8. The summed E-state index contributed by atoms with van der Waals surface area (Å²) in [7, 11) is 3.04. The van der Waals surface area contributed by atoms with E-state index < -0.39 is 11.7 Å². The van der Waals surface area contributed by atoms with E-state index in [4.69, 9.17) is 4.74 Å². The second-order valence-corrected chi connectivity index (χ2v) is 5.31. The van der Waals surface area contributed by atoms with E-state index in [1.54, 1.807) is 20.9 Å². The molecule has 1 aliphatic heterocycles. The molecule has 7 heteroatoms. The van der Waals surface area contributed by atoms with Crippen molar-refractivity contribution in [3.63, 3.8) is 0 Å². The van der Waals surface area contributed by atoms with Crippen LogP contribution < -0.4 is 16.6 Å². The van der Waals surface area contributed by atoms with Gasteiger partial charge in [0.2, 0.25) is 0 Å². The zero-order valence-electron chi connectivity index (χ0n) is 13.5. The zero-order valence-corrected chi connectivity index (χ0v) is 13.5. The van der Waals surface area contributed by atoms with Crippen LogP contribution in [0.5, 0.6) is 0 Å². The van der Waals surface area contributed by atoms with Crippen LogP contribution >= 0.6 is 0 Å². The molecule has 0 fully saturated rings. The molecular weight excluding hydrogens is 286 g/mol. The van der Waals surface area contributed by atoms with Gasteiger partial charge in [-0.25, -0.2) is 9.59 Å². The van der Waals surface area contributed by atoms with Crippen LogP contribution in [-0.2, 0) is 23.6 Å². The Morgan fingerprint density at radius 3 is 2.41 bits per heavy atom. The monoisotopic (exact) mass is 307 g/mol. The van der Waals surface area contributed by atoms with Crippen LogP contribution in [0.1, 0.15) is 38.7 Å². The van der Waals surface area contributed by atoms with E-state index in [0.29, 0.717) is 29.1 Å². The number of hydrogen-bond acceptors (Lipinski definition) is 5. The summed E-state index contributed by atoms with van der Waals surface area (Å²) >= 11 is 0. The summed E-state index contributed by atoms with van der Waals surface area (Å²) in [6.07, 6.45) is 0.563. The number of nitrogens with one attached hydrogen (secondary N) is 1. The molecule has 0 radical (unpaired) electrons. The van der Waals surface area contributed by atoms with Gasteiger partial charge in [0.25, 0.3) is 5.56 Å². The Balaban J connectivity index is 2.75. The summed E-state index contributed by atoms with van der Waals surface area (Å²) in [6, 6.07) is 0. The fourth-order valence-electron chi connectivity index (χ4n) is 2.90. The Hall–Kier alpha value is -2.31. The topological polar surface area (TPSA) is 82.3 Å². The summed E-state index contributed by atoms with van der Waals surface area (Å²) < 4.78 is 7.56. The molecule has 120 valence electrons. The highest BCUT2D eigenvalue weighted by molar-refractivity contribution is 5.93. The van der Waals surface area contributed by atoms with Crippen molar-refractivity contribution in [1.82, 2.24) is 9.13 Å². The quantitative estimate of drug-likeness (QED) is 0.837. The van der Waals surface area contributed by atoms with Crippen molar-refractivity contribution < 1.29 is 9.53 Å². The van der Waals surface area contributed by atoms with Crippen molar-refractivity contribution in [2.45, 2.75) is 33.1 Å². The number of esters is 1. The highest BCUT2D eigenvalue weighted by atomic mass is 16.5. The van der Waals surface area contributed by atoms with Gasteiger partial charge in [-0.05, 0) is 20.3 Å². The number of fused-ring (bicyclic) bond motifs is 1. The predicted octanol–water partition coefficient (Wildman–Crippen LogP) is 0.840. The maximum atomic E-state index is 12.5. The Bertz CT molecular complexity index is 770. The van der Waals surface area contributed by atoms with Crippen LogP contribution in [0.4, 0.5) is 5.82 Å². The molecule has 22 heavy (non-hydrogen) atoms. The third-order valence-electron chi connectivity index (χ3n) is 4.01. The number of nitrogens with zero attached hydrogens (tertiary/aromatic N) is 2. The minimum absolute atomic E-state index is 0.268. The van der Waals surface area contributed by atoms with Crippen LogP contribution in [0, 0.1) is 0 Å². The van der Waals surface area contributed by atoms with E-state index in [1.165, 1.54) is 11.6 Å². The van der Waals surface area contributed by atoms with Gasteiger partial charge < -0.3 is 10.1 Å². The highest BCUT2D eigenvalue weighted by Gasteiger charge is 2.34. The summed E-state index contributed by atoms with van der Waals surface area (Å²) in [5, 5.41) is 3.02. The van der Waals surface area contributed by atoms with E-state index in [2.05, 4.69) is 5.32 Å². The van der Waals surface area contributed by atoms with Crippen LogP contribution in [0.25, 0.3) is 0 Å². The lowest BCUT2D eigenvalue weighted by atomic mass is 9.86. The van der Waals surface area contributed by atoms with Crippen LogP contribution in [0.3, 0.4) is 0 Å². The Kier molecular flexibility index (Phi) is 4.25. The van der Waals surface area contributed by atoms with E-state index >= 15 is 0 Å². The number of aromatic nitrogens is 2. The van der Waals surface area contributed by atoms with Gasteiger partial charge in [-0.2, -0.15) is 0 Å². The van der Waals surface area contributed by atoms with Gasteiger partial charge in [0.15, 0.2) is 0 Å². The fourth-order valence-corrected chi connectivity index (χ4v) is 2.90. The van der Waals surface area contributed by atoms with Gasteiger partial charge in [-0.15, -0.1) is 0 Å². The Labute approximate surface area is 128 Å². The number of anilines is 1. The average molecular weight is 307 g/mol. The molecule has 1 aromatic heterocycles. The number of carbonyl (C=O) groups excluding carboxylic acids is 1. The molecule has 0 aromatic carbocycles. The minimum atomic E-state index is -0.430. The van der Waals surface area contributed by atoms with E-state index in [1.807, 2.05) is 6.92 Å². The number of rotatable bonds is 3. The highest BCUT2D eigenvalue weighted by Crippen LogP contribution is 2.37.